The Bertz CT molecular complexity index is 539. The average molecular weight is 334 g/mol. The molecule has 0 amide bonds. The van der Waals surface area contributed by atoms with Crippen molar-refractivity contribution in [1.29, 1.82) is 0 Å². The van der Waals surface area contributed by atoms with Crippen LogP contribution in [0.25, 0.3) is 0 Å². The smallest absolute Gasteiger partial charge is 0.0685 e. The lowest BCUT2D eigenvalue weighted by Gasteiger charge is -2.18. The molecule has 2 N–H and O–H groups in total. The molecule has 20 heavy (non-hydrogen) atoms. The van der Waals surface area contributed by atoms with E-state index in [2.05, 4.69) is 58.5 Å². The van der Waals surface area contributed by atoms with E-state index in [1.807, 2.05) is 18.2 Å². The fourth-order valence-electron chi connectivity index (χ4n) is 2.31. The van der Waals surface area contributed by atoms with Crippen molar-refractivity contribution in [3.63, 3.8) is 0 Å². The summed E-state index contributed by atoms with van der Waals surface area (Å²) in [6.45, 7) is 3.04. The number of hydrogen-bond donors (Lipinski definition) is 2. The third-order valence-electron chi connectivity index (χ3n) is 3.51. The van der Waals surface area contributed by atoms with Crippen LogP contribution in [-0.2, 0) is 13.2 Å². The summed E-state index contributed by atoms with van der Waals surface area (Å²) in [6, 6.07) is 16.8. The predicted molar refractivity (Wildman–Crippen MR) is 86.4 cm³/mol. The molecule has 2 nitrogen and oxygen atoms in total. The molecule has 0 aliphatic rings. The van der Waals surface area contributed by atoms with Gasteiger partial charge in [-0.1, -0.05) is 59.3 Å². The quantitative estimate of drug-likeness (QED) is 0.830. The van der Waals surface area contributed by atoms with Crippen molar-refractivity contribution in [3.05, 3.63) is 69.7 Å². The summed E-state index contributed by atoms with van der Waals surface area (Å²) < 4.78 is 1.10. The molecule has 0 heterocycles. The molecule has 3 heteroatoms. The number of aliphatic hydroxyl groups excluding tert-OH is 1. The molecule has 0 aromatic heterocycles. The van der Waals surface area contributed by atoms with E-state index in [0.29, 0.717) is 6.04 Å². The molecule has 2 aromatic carbocycles. The second kappa shape index (κ2) is 7.58. The standard InChI is InChI=1S/C17H20BrNO/c1-2-17(13-7-9-16(18)10-8-13)19-11-14-5-3-4-6-15(14)12-20/h3-10,17,19-20H,2,11-12H2,1H3. The molecule has 2 aromatic rings. The first-order valence-corrected chi connectivity index (χ1v) is 7.70. The van der Waals surface area contributed by atoms with Gasteiger partial charge in [0.05, 0.1) is 6.61 Å². The number of nitrogens with one attached hydrogen (secondary N) is 1. The highest BCUT2D eigenvalue weighted by Crippen LogP contribution is 2.20. The van der Waals surface area contributed by atoms with Gasteiger partial charge in [0.15, 0.2) is 0 Å². The Morgan fingerprint density at radius 3 is 2.30 bits per heavy atom. The molecule has 2 rings (SSSR count). The Hall–Kier alpha value is -1.16. The molecular weight excluding hydrogens is 314 g/mol. The minimum atomic E-state index is 0.0902. The van der Waals surface area contributed by atoms with Crippen molar-refractivity contribution in [2.45, 2.75) is 32.5 Å². The highest BCUT2D eigenvalue weighted by atomic mass is 79.9. The number of rotatable bonds is 6. The predicted octanol–water partition coefficient (Wildman–Crippen LogP) is 4.18. The summed E-state index contributed by atoms with van der Waals surface area (Å²) in [5.74, 6) is 0. The first-order valence-electron chi connectivity index (χ1n) is 6.91. The van der Waals surface area contributed by atoms with Crippen LogP contribution < -0.4 is 5.32 Å². The van der Waals surface area contributed by atoms with Crippen molar-refractivity contribution in [2.75, 3.05) is 0 Å². The van der Waals surface area contributed by atoms with E-state index >= 15 is 0 Å². The van der Waals surface area contributed by atoms with E-state index in [1.54, 1.807) is 0 Å². The average Bonchev–Trinajstić information content (AvgIpc) is 2.50. The zero-order valence-electron chi connectivity index (χ0n) is 11.6. The fourth-order valence-corrected chi connectivity index (χ4v) is 2.57. The van der Waals surface area contributed by atoms with Gasteiger partial charge in [-0.25, -0.2) is 0 Å². The van der Waals surface area contributed by atoms with Crippen LogP contribution >= 0.6 is 15.9 Å². The number of hydrogen-bond acceptors (Lipinski definition) is 2. The molecule has 0 aliphatic carbocycles. The van der Waals surface area contributed by atoms with Crippen molar-refractivity contribution in [3.8, 4) is 0 Å². The van der Waals surface area contributed by atoms with Crippen LogP contribution in [0.4, 0.5) is 0 Å². The van der Waals surface area contributed by atoms with Crippen LogP contribution in [-0.4, -0.2) is 5.11 Å². The van der Waals surface area contributed by atoms with Gasteiger partial charge in [-0.2, -0.15) is 0 Å². The summed E-state index contributed by atoms with van der Waals surface area (Å²) >= 11 is 3.46. The van der Waals surface area contributed by atoms with Gasteiger partial charge in [0, 0.05) is 17.1 Å². The summed E-state index contributed by atoms with van der Waals surface area (Å²) in [4.78, 5) is 0. The second-order valence-electron chi connectivity index (χ2n) is 4.82. The van der Waals surface area contributed by atoms with Gasteiger partial charge in [-0.05, 0) is 35.2 Å². The topological polar surface area (TPSA) is 32.3 Å². The summed E-state index contributed by atoms with van der Waals surface area (Å²) in [5, 5.41) is 12.9. The van der Waals surface area contributed by atoms with Gasteiger partial charge in [0.2, 0.25) is 0 Å². The molecule has 0 radical (unpaired) electrons. The lowest BCUT2D eigenvalue weighted by atomic mass is 10.0. The van der Waals surface area contributed by atoms with E-state index in [0.717, 1.165) is 28.6 Å². The van der Waals surface area contributed by atoms with Crippen LogP contribution in [0.15, 0.2) is 53.0 Å². The Labute approximate surface area is 129 Å². The molecular formula is C17H20BrNO. The monoisotopic (exact) mass is 333 g/mol. The minimum Gasteiger partial charge on any atom is -0.392 e. The normalized spacial score (nSPS) is 12.3. The number of benzene rings is 2. The third-order valence-corrected chi connectivity index (χ3v) is 4.04. The lowest BCUT2D eigenvalue weighted by molar-refractivity contribution is 0.280. The molecule has 1 atom stereocenters. The lowest BCUT2D eigenvalue weighted by Crippen LogP contribution is -2.21. The zero-order chi connectivity index (χ0) is 14.4. The minimum absolute atomic E-state index is 0.0902. The van der Waals surface area contributed by atoms with E-state index < -0.39 is 0 Å². The van der Waals surface area contributed by atoms with Crippen molar-refractivity contribution in [1.82, 2.24) is 5.32 Å². The summed E-state index contributed by atoms with van der Waals surface area (Å²) in [7, 11) is 0. The van der Waals surface area contributed by atoms with Crippen LogP contribution in [0.1, 0.15) is 36.1 Å². The highest BCUT2D eigenvalue weighted by molar-refractivity contribution is 9.10. The van der Waals surface area contributed by atoms with Crippen molar-refractivity contribution in [2.24, 2.45) is 0 Å². The van der Waals surface area contributed by atoms with Gasteiger partial charge in [0.25, 0.3) is 0 Å². The molecule has 106 valence electrons. The zero-order valence-corrected chi connectivity index (χ0v) is 13.2. The molecule has 0 bridgehead atoms. The fraction of sp³-hybridized carbons (Fsp3) is 0.294. The van der Waals surface area contributed by atoms with Gasteiger partial charge >= 0.3 is 0 Å². The van der Waals surface area contributed by atoms with Crippen LogP contribution in [0.3, 0.4) is 0 Å². The Morgan fingerprint density at radius 1 is 1.05 bits per heavy atom. The van der Waals surface area contributed by atoms with E-state index in [1.165, 1.54) is 5.56 Å². The molecule has 0 saturated heterocycles. The van der Waals surface area contributed by atoms with Crippen LogP contribution in [0.2, 0.25) is 0 Å². The molecule has 0 fully saturated rings. The van der Waals surface area contributed by atoms with Gasteiger partial charge in [0.1, 0.15) is 0 Å². The van der Waals surface area contributed by atoms with Gasteiger partial charge in [-0.3, -0.25) is 0 Å². The van der Waals surface area contributed by atoms with Crippen molar-refractivity contribution >= 4 is 15.9 Å². The number of halogens is 1. The summed E-state index contributed by atoms with van der Waals surface area (Å²) in [6.07, 6.45) is 1.03. The van der Waals surface area contributed by atoms with E-state index in [-0.39, 0.29) is 6.61 Å². The van der Waals surface area contributed by atoms with E-state index in [4.69, 9.17) is 0 Å². The maximum Gasteiger partial charge on any atom is 0.0685 e. The first kappa shape index (κ1) is 15.2. The largest absolute Gasteiger partial charge is 0.392 e. The third kappa shape index (κ3) is 3.92. The first-order chi connectivity index (χ1) is 9.74. The molecule has 0 aliphatic heterocycles. The Balaban J connectivity index is 2.05. The van der Waals surface area contributed by atoms with Crippen LogP contribution in [0.5, 0.6) is 0 Å². The highest BCUT2D eigenvalue weighted by Gasteiger charge is 2.09. The Morgan fingerprint density at radius 2 is 1.70 bits per heavy atom. The summed E-state index contributed by atoms with van der Waals surface area (Å²) in [5.41, 5.74) is 3.44. The van der Waals surface area contributed by atoms with Crippen LogP contribution in [0, 0.1) is 0 Å². The molecule has 0 saturated carbocycles. The Kier molecular flexibility index (Phi) is 5.77. The maximum absolute atomic E-state index is 9.36. The second-order valence-corrected chi connectivity index (χ2v) is 5.74. The SMILES string of the molecule is CCC(NCc1ccccc1CO)c1ccc(Br)cc1. The van der Waals surface area contributed by atoms with Gasteiger partial charge in [-0.15, -0.1) is 0 Å². The number of aliphatic hydroxyl groups is 1. The van der Waals surface area contributed by atoms with Gasteiger partial charge < -0.3 is 10.4 Å². The molecule has 1 unspecified atom stereocenters. The molecule has 0 spiro atoms. The van der Waals surface area contributed by atoms with E-state index in [9.17, 15) is 5.11 Å². The maximum atomic E-state index is 9.36. The van der Waals surface area contributed by atoms with Crippen molar-refractivity contribution < 1.29 is 5.11 Å².